The Morgan fingerprint density at radius 3 is 2.62 bits per heavy atom. The molecule has 7 heteroatoms. The maximum absolute atomic E-state index is 12.5. The van der Waals surface area contributed by atoms with E-state index in [2.05, 4.69) is 11.6 Å². The number of carbonyl (C=O) groups is 1. The largest absolute Gasteiger partial charge is 0.338 e. The topological polar surface area (TPSA) is 66.5 Å². The summed E-state index contributed by atoms with van der Waals surface area (Å²) >= 11 is 1.16. The van der Waals surface area contributed by atoms with Gasteiger partial charge in [0.15, 0.2) is 0 Å². The van der Waals surface area contributed by atoms with Crippen LogP contribution in [-0.2, 0) is 10.0 Å². The van der Waals surface area contributed by atoms with Gasteiger partial charge in [-0.1, -0.05) is 13.0 Å². The van der Waals surface area contributed by atoms with Crippen molar-refractivity contribution < 1.29 is 13.2 Å². The molecule has 0 spiro atoms. The SMILES string of the molecule is CC1CCCN(C(=O)c2ccc(NS(=O)(=O)c3cccs3)cc2)C1. The molecule has 128 valence electrons. The molecule has 1 aromatic heterocycles. The van der Waals surface area contributed by atoms with Crippen LogP contribution in [0.15, 0.2) is 46.0 Å². The van der Waals surface area contributed by atoms with Gasteiger partial charge in [0.25, 0.3) is 15.9 Å². The second kappa shape index (κ2) is 6.94. The number of likely N-dealkylation sites (tertiary alicyclic amines) is 1. The number of amides is 1. The highest BCUT2D eigenvalue weighted by Crippen LogP contribution is 2.22. The number of benzene rings is 1. The summed E-state index contributed by atoms with van der Waals surface area (Å²) in [6.07, 6.45) is 2.19. The molecule has 2 aromatic rings. The van der Waals surface area contributed by atoms with E-state index in [-0.39, 0.29) is 10.1 Å². The number of carbonyl (C=O) groups excluding carboxylic acids is 1. The lowest BCUT2D eigenvalue weighted by atomic mass is 9.99. The van der Waals surface area contributed by atoms with E-state index in [1.807, 2.05) is 4.90 Å². The predicted octanol–water partition coefficient (Wildman–Crippen LogP) is 3.42. The molecular formula is C17H20N2O3S2. The lowest BCUT2D eigenvalue weighted by Crippen LogP contribution is -2.39. The van der Waals surface area contributed by atoms with Crippen molar-refractivity contribution in [3.05, 3.63) is 47.3 Å². The molecule has 1 aliphatic heterocycles. The Morgan fingerprint density at radius 2 is 2.00 bits per heavy atom. The molecule has 1 N–H and O–H groups in total. The van der Waals surface area contributed by atoms with Crippen LogP contribution in [0, 0.1) is 5.92 Å². The zero-order valence-corrected chi connectivity index (χ0v) is 15.1. The Morgan fingerprint density at radius 1 is 1.25 bits per heavy atom. The molecule has 1 saturated heterocycles. The summed E-state index contributed by atoms with van der Waals surface area (Å²) in [4.78, 5) is 14.4. The van der Waals surface area contributed by atoms with E-state index in [0.29, 0.717) is 17.2 Å². The lowest BCUT2D eigenvalue weighted by molar-refractivity contribution is 0.0683. The van der Waals surface area contributed by atoms with Gasteiger partial charge >= 0.3 is 0 Å². The number of anilines is 1. The number of sulfonamides is 1. The third kappa shape index (κ3) is 3.79. The molecule has 0 saturated carbocycles. The van der Waals surface area contributed by atoms with Gasteiger partial charge in [0.2, 0.25) is 0 Å². The summed E-state index contributed by atoms with van der Waals surface area (Å²) in [6, 6.07) is 9.86. The quantitative estimate of drug-likeness (QED) is 0.904. The number of nitrogens with zero attached hydrogens (tertiary/aromatic N) is 1. The molecule has 1 atom stereocenters. The van der Waals surface area contributed by atoms with Crippen LogP contribution in [-0.4, -0.2) is 32.3 Å². The van der Waals surface area contributed by atoms with Crippen LogP contribution < -0.4 is 4.72 Å². The standard InChI is InChI=1S/C17H20N2O3S2/c1-13-4-2-10-19(12-13)17(20)14-6-8-15(9-7-14)18-24(21,22)16-5-3-11-23-16/h3,5-9,11,13,18H,2,4,10,12H2,1H3. The van der Waals surface area contributed by atoms with Crippen LogP contribution in [0.3, 0.4) is 0 Å². The van der Waals surface area contributed by atoms with E-state index in [4.69, 9.17) is 0 Å². The molecule has 0 aliphatic carbocycles. The van der Waals surface area contributed by atoms with Crippen molar-refractivity contribution in [3.8, 4) is 0 Å². The summed E-state index contributed by atoms with van der Waals surface area (Å²) in [5, 5.41) is 1.72. The number of hydrogen-bond donors (Lipinski definition) is 1. The highest BCUT2D eigenvalue weighted by Gasteiger charge is 2.22. The average Bonchev–Trinajstić information content (AvgIpc) is 3.10. The maximum atomic E-state index is 12.5. The monoisotopic (exact) mass is 364 g/mol. The van der Waals surface area contributed by atoms with Gasteiger partial charge in [-0.25, -0.2) is 8.42 Å². The second-order valence-corrected chi connectivity index (χ2v) is 8.97. The molecule has 1 fully saturated rings. The Labute approximate surface area is 146 Å². The summed E-state index contributed by atoms with van der Waals surface area (Å²) in [7, 11) is -3.56. The van der Waals surface area contributed by atoms with E-state index in [9.17, 15) is 13.2 Å². The first-order chi connectivity index (χ1) is 11.5. The van der Waals surface area contributed by atoms with E-state index >= 15 is 0 Å². The van der Waals surface area contributed by atoms with E-state index in [0.717, 1.165) is 37.3 Å². The first-order valence-electron chi connectivity index (χ1n) is 7.91. The van der Waals surface area contributed by atoms with Gasteiger partial charge in [0.1, 0.15) is 4.21 Å². The Bertz CT molecular complexity index is 799. The normalized spacial score (nSPS) is 18.4. The Hall–Kier alpha value is -1.86. The lowest BCUT2D eigenvalue weighted by Gasteiger charge is -2.31. The van der Waals surface area contributed by atoms with E-state index < -0.39 is 10.0 Å². The van der Waals surface area contributed by atoms with Crippen LogP contribution in [0.25, 0.3) is 0 Å². The number of nitrogens with one attached hydrogen (secondary N) is 1. The minimum absolute atomic E-state index is 0.00853. The Balaban J connectivity index is 1.70. The molecule has 0 radical (unpaired) electrons. The zero-order valence-electron chi connectivity index (χ0n) is 13.4. The summed E-state index contributed by atoms with van der Waals surface area (Å²) < 4.78 is 27.2. The van der Waals surface area contributed by atoms with Crippen LogP contribution in [0.2, 0.25) is 0 Å². The molecule has 1 unspecified atom stereocenters. The molecule has 3 rings (SSSR count). The zero-order chi connectivity index (χ0) is 17.2. The van der Waals surface area contributed by atoms with Crippen molar-refractivity contribution in [2.75, 3.05) is 17.8 Å². The van der Waals surface area contributed by atoms with Crippen molar-refractivity contribution >= 4 is 33.0 Å². The first kappa shape index (κ1) is 17.0. The van der Waals surface area contributed by atoms with Gasteiger partial charge in [-0.05, 0) is 54.5 Å². The van der Waals surface area contributed by atoms with Gasteiger partial charge in [0, 0.05) is 24.3 Å². The van der Waals surface area contributed by atoms with Crippen molar-refractivity contribution in [3.63, 3.8) is 0 Å². The van der Waals surface area contributed by atoms with Crippen molar-refractivity contribution in [1.82, 2.24) is 4.90 Å². The van der Waals surface area contributed by atoms with Crippen molar-refractivity contribution in [2.24, 2.45) is 5.92 Å². The molecule has 1 aliphatic rings. The van der Waals surface area contributed by atoms with Crippen LogP contribution in [0.1, 0.15) is 30.1 Å². The maximum Gasteiger partial charge on any atom is 0.271 e. The van der Waals surface area contributed by atoms with Gasteiger partial charge in [-0.3, -0.25) is 9.52 Å². The molecule has 2 heterocycles. The number of rotatable bonds is 4. The molecular weight excluding hydrogens is 344 g/mol. The molecule has 1 aromatic carbocycles. The third-order valence-corrected chi connectivity index (χ3v) is 6.87. The van der Waals surface area contributed by atoms with Gasteiger partial charge in [0.05, 0.1) is 0 Å². The molecule has 1 amide bonds. The average molecular weight is 364 g/mol. The number of piperidine rings is 1. The third-order valence-electron chi connectivity index (χ3n) is 4.09. The fourth-order valence-corrected chi connectivity index (χ4v) is 4.91. The molecule has 5 nitrogen and oxygen atoms in total. The fraction of sp³-hybridized carbons (Fsp3) is 0.353. The summed E-state index contributed by atoms with van der Waals surface area (Å²) in [5.41, 5.74) is 1.04. The van der Waals surface area contributed by atoms with Crippen molar-refractivity contribution in [2.45, 2.75) is 24.0 Å². The number of hydrogen-bond acceptors (Lipinski definition) is 4. The second-order valence-electron chi connectivity index (χ2n) is 6.11. The molecule has 0 bridgehead atoms. The minimum atomic E-state index is -3.56. The smallest absolute Gasteiger partial charge is 0.271 e. The highest BCUT2D eigenvalue weighted by atomic mass is 32.2. The van der Waals surface area contributed by atoms with E-state index in [1.54, 1.807) is 41.8 Å². The fourth-order valence-electron chi connectivity index (χ4n) is 2.86. The first-order valence-corrected chi connectivity index (χ1v) is 10.3. The predicted molar refractivity (Wildman–Crippen MR) is 95.9 cm³/mol. The van der Waals surface area contributed by atoms with Gasteiger partial charge < -0.3 is 4.90 Å². The van der Waals surface area contributed by atoms with Gasteiger partial charge in [-0.15, -0.1) is 11.3 Å². The van der Waals surface area contributed by atoms with E-state index in [1.165, 1.54) is 0 Å². The van der Waals surface area contributed by atoms with Crippen molar-refractivity contribution in [1.29, 1.82) is 0 Å². The Kier molecular flexibility index (Phi) is 4.91. The van der Waals surface area contributed by atoms with Crippen LogP contribution in [0.4, 0.5) is 5.69 Å². The summed E-state index contributed by atoms with van der Waals surface area (Å²) in [6.45, 7) is 3.73. The van der Waals surface area contributed by atoms with Crippen LogP contribution in [0.5, 0.6) is 0 Å². The summed E-state index contributed by atoms with van der Waals surface area (Å²) in [5.74, 6) is 0.536. The minimum Gasteiger partial charge on any atom is -0.338 e. The van der Waals surface area contributed by atoms with Gasteiger partial charge in [-0.2, -0.15) is 0 Å². The highest BCUT2D eigenvalue weighted by molar-refractivity contribution is 7.94. The number of thiophene rings is 1. The molecule has 24 heavy (non-hydrogen) atoms. The van der Waals surface area contributed by atoms with Crippen LogP contribution >= 0.6 is 11.3 Å².